The number of rotatable bonds is 3. The van der Waals surface area contributed by atoms with Gasteiger partial charge in [0.15, 0.2) is 17.8 Å². The first-order valence-corrected chi connectivity index (χ1v) is 9.20. The number of fused-ring (bicyclic) bond motifs is 2. The fourth-order valence-corrected chi connectivity index (χ4v) is 3.61. The number of amidine groups is 1. The molecule has 2 N–H and O–H groups in total. The average molecular weight is 399 g/mol. The molecule has 2 unspecified atom stereocenters. The van der Waals surface area contributed by atoms with E-state index in [0.29, 0.717) is 34.0 Å². The molecule has 0 radical (unpaired) electrons. The molecule has 0 bridgehead atoms. The summed E-state index contributed by atoms with van der Waals surface area (Å²) in [4.78, 5) is 9.92. The number of hydrogen-bond donors (Lipinski definition) is 2. The zero-order chi connectivity index (χ0) is 20.3. The molecular weight excluding hydrogens is 380 g/mol. The Balaban J connectivity index is 1.45. The number of anilines is 1. The van der Waals surface area contributed by atoms with E-state index in [9.17, 15) is 8.78 Å². The van der Waals surface area contributed by atoms with Gasteiger partial charge in [-0.3, -0.25) is 5.43 Å². The number of nitrogens with one attached hydrogen (secondary N) is 2. The second-order valence-corrected chi connectivity index (χ2v) is 7.61. The molecule has 2 aliphatic heterocycles. The normalized spacial score (nSPS) is 22.9. The molecule has 8 nitrogen and oxygen atoms in total. The SMILES string of the molecule is CC1c2cc(F)ccc2C(F)N1Nc1ccn2ncc(C3=NOC(C)(C)N3)c2n1. The van der Waals surface area contributed by atoms with E-state index in [4.69, 9.17) is 4.84 Å². The number of oxime groups is 1. The zero-order valence-electron chi connectivity index (χ0n) is 16.0. The second kappa shape index (κ2) is 6.11. The number of alkyl halides is 1. The van der Waals surface area contributed by atoms with Crippen molar-refractivity contribution in [3.05, 3.63) is 59.2 Å². The predicted molar refractivity (Wildman–Crippen MR) is 102 cm³/mol. The molecule has 3 aromatic rings. The average Bonchev–Trinajstić information content (AvgIpc) is 3.32. The predicted octanol–water partition coefficient (Wildman–Crippen LogP) is 3.26. The van der Waals surface area contributed by atoms with Crippen molar-refractivity contribution in [1.82, 2.24) is 24.9 Å². The summed E-state index contributed by atoms with van der Waals surface area (Å²) in [5.74, 6) is 0.569. The van der Waals surface area contributed by atoms with Gasteiger partial charge in [0.25, 0.3) is 0 Å². The Morgan fingerprint density at radius 3 is 2.83 bits per heavy atom. The Kier molecular flexibility index (Phi) is 3.75. The monoisotopic (exact) mass is 399 g/mol. The summed E-state index contributed by atoms with van der Waals surface area (Å²) in [6.07, 6.45) is 1.94. The Bertz CT molecular complexity index is 1140. The summed E-state index contributed by atoms with van der Waals surface area (Å²) in [7, 11) is 0. The minimum absolute atomic E-state index is 0.367. The molecule has 1 aromatic carbocycles. The minimum atomic E-state index is -1.42. The lowest BCUT2D eigenvalue weighted by molar-refractivity contribution is -0.00234. The Morgan fingerprint density at radius 2 is 2.07 bits per heavy atom. The van der Waals surface area contributed by atoms with Gasteiger partial charge in [-0.25, -0.2) is 18.3 Å². The molecule has 2 aromatic heterocycles. The van der Waals surface area contributed by atoms with Crippen LogP contribution in [0.2, 0.25) is 0 Å². The number of halogens is 2. The second-order valence-electron chi connectivity index (χ2n) is 7.61. The van der Waals surface area contributed by atoms with Crippen LogP contribution in [0, 0.1) is 5.82 Å². The van der Waals surface area contributed by atoms with Gasteiger partial charge in [-0.1, -0.05) is 11.2 Å². The maximum atomic E-state index is 15.0. The van der Waals surface area contributed by atoms with E-state index in [1.807, 2.05) is 20.8 Å². The quantitative estimate of drug-likeness (QED) is 0.659. The molecule has 10 heteroatoms. The molecule has 0 fully saturated rings. The fourth-order valence-electron chi connectivity index (χ4n) is 3.61. The summed E-state index contributed by atoms with van der Waals surface area (Å²) < 4.78 is 30.2. The van der Waals surface area contributed by atoms with Gasteiger partial charge in [-0.05, 0) is 38.5 Å². The van der Waals surface area contributed by atoms with Crippen molar-refractivity contribution >= 4 is 17.3 Å². The summed E-state index contributed by atoms with van der Waals surface area (Å²) in [5.41, 5.74) is 4.65. The van der Waals surface area contributed by atoms with E-state index in [2.05, 4.69) is 26.0 Å². The van der Waals surface area contributed by atoms with Crippen molar-refractivity contribution in [2.24, 2.45) is 5.16 Å². The van der Waals surface area contributed by atoms with Crippen LogP contribution in [0.15, 0.2) is 41.8 Å². The van der Waals surface area contributed by atoms with Crippen LogP contribution in [0.4, 0.5) is 14.6 Å². The van der Waals surface area contributed by atoms with Crippen LogP contribution in [0.5, 0.6) is 0 Å². The number of hydrazine groups is 1. The van der Waals surface area contributed by atoms with Crippen molar-refractivity contribution in [3.8, 4) is 0 Å². The Hall–Kier alpha value is -3.27. The molecule has 0 saturated heterocycles. The van der Waals surface area contributed by atoms with E-state index >= 15 is 0 Å². The molecule has 5 rings (SSSR count). The van der Waals surface area contributed by atoms with Gasteiger partial charge >= 0.3 is 0 Å². The van der Waals surface area contributed by atoms with Gasteiger partial charge in [0.05, 0.1) is 17.8 Å². The van der Waals surface area contributed by atoms with Gasteiger partial charge < -0.3 is 10.2 Å². The van der Waals surface area contributed by atoms with Gasteiger partial charge in [0, 0.05) is 17.8 Å². The molecule has 0 amide bonds. The highest BCUT2D eigenvalue weighted by Crippen LogP contribution is 2.42. The van der Waals surface area contributed by atoms with Gasteiger partial charge in [-0.15, -0.1) is 0 Å². The molecule has 2 atom stereocenters. The van der Waals surface area contributed by atoms with E-state index in [-0.39, 0.29) is 11.9 Å². The summed E-state index contributed by atoms with van der Waals surface area (Å²) in [6.45, 7) is 5.52. The van der Waals surface area contributed by atoms with Crippen LogP contribution in [-0.2, 0) is 4.84 Å². The third kappa shape index (κ3) is 2.87. The van der Waals surface area contributed by atoms with Gasteiger partial charge in [-0.2, -0.15) is 10.1 Å². The number of nitrogens with zero attached hydrogens (tertiary/aromatic N) is 5. The third-order valence-corrected chi connectivity index (χ3v) is 5.07. The van der Waals surface area contributed by atoms with Gasteiger partial charge in [0.1, 0.15) is 11.6 Å². The molecular formula is C19H19F2N7O. The zero-order valence-corrected chi connectivity index (χ0v) is 16.0. The summed E-state index contributed by atoms with van der Waals surface area (Å²) >= 11 is 0. The Morgan fingerprint density at radius 1 is 1.24 bits per heavy atom. The lowest BCUT2D eigenvalue weighted by atomic mass is 10.1. The van der Waals surface area contributed by atoms with Crippen LogP contribution in [0.1, 0.15) is 49.8 Å². The number of hydrogen-bond acceptors (Lipinski definition) is 7. The molecule has 0 saturated carbocycles. The van der Waals surface area contributed by atoms with Gasteiger partial charge in [0.2, 0.25) is 5.72 Å². The molecule has 0 aliphatic carbocycles. The van der Waals surface area contributed by atoms with Crippen molar-refractivity contribution in [1.29, 1.82) is 0 Å². The van der Waals surface area contributed by atoms with E-state index in [1.54, 1.807) is 23.0 Å². The molecule has 150 valence electrons. The molecule has 4 heterocycles. The molecule has 0 spiro atoms. The third-order valence-electron chi connectivity index (χ3n) is 5.07. The number of aromatic nitrogens is 3. The maximum absolute atomic E-state index is 15.0. The topological polar surface area (TPSA) is 79.1 Å². The molecule has 29 heavy (non-hydrogen) atoms. The van der Waals surface area contributed by atoms with Crippen molar-refractivity contribution in [2.75, 3.05) is 5.43 Å². The first kappa shape index (κ1) is 17.8. The van der Waals surface area contributed by atoms with Crippen molar-refractivity contribution < 1.29 is 13.6 Å². The largest absolute Gasteiger partial charge is 0.366 e. The molecule has 2 aliphatic rings. The highest BCUT2D eigenvalue weighted by Gasteiger charge is 2.37. The van der Waals surface area contributed by atoms with Crippen LogP contribution in [0.3, 0.4) is 0 Å². The summed E-state index contributed by atoms with van der Waals surface area (Å²) in [6, 6.07) is 5.44. The first-order valence-electron chi connectivity index (χ1n) is 9.20. The lowest BCUT2D eigenvalue weighted by Crippen LogP contribution is -2.38. The van der Waals surface area contributed by atoms with E-state index in [0.717, 1.165) is 0 Å². The fraction of sp³-hybridized carbons (Fsp3) is 0.316. The smallest absolute Gasteiger partial charge is 0.203 e. The lowest BCUT2D eigenvalue weighted by Gasteiger charge is -2.25. The van der Waals surface area contributed by atoms with Crippen LogP contribution in [0.25, 0.3) is 5.65 Å². The van der Waals surface area contributed by atoms with Crippen LogP contribution < -0.4 is 10.7 Å². The highest BCUT2D eigenvalue weighted by atomic mass is 19.1. The van der Waals surface area contributed by atoms with Crippen LogP contribution >= 0.6 is 0 Å². The van der Waals surface area contributed by atoms with E-state index in [1.165, 1.54) is 23.2 Å². The van der Waals surface area contributed by atoms with E-state index < -0.39 is 12.0 Å². The van der Waals surface area contributed by atoms with Crippen molar-refractivity contribution in [2.45, 2.75) is 38.8 Å². The minimum Gasteiger partial charge on any atom is -0.366 e. The maximum Gasteiger partial charge on any atom is 0.203 e. The standard InChI is InChI=1S/C19H19F2N7O/c1-10-13-8-11(20)4-5-12(13)16(21)28(10)25-15-6-7-27-18(23-15)14(9-22-27)17-24-19(2,3)29-26-17/h4-10,16H,1-3H3,(H,23,25)(H,24,26). The van der Waals surface area contributed by atoms with Crippen molar-refractivity contribution in [3.63, 3.8) is 0 Å². The van der Waals surface area contributed by atoms with Crippen LogP contribution in [-0.4, -0.2) is 31.2 Å². The Labute approximate surface area is 165 Å². The number of benzene rings is 1. The highest BCUT2D eigenvalue weighted by molar-refractivity contribution is 6.04. The summed E-state index contributed by atoms with van der Waals surface area (Å²) in [5, 5.41) is 12.9. The first-order chi connectivity index (χ1) is 13.8.